The van der Waals surface area contributed by atoms with E-state index in [1.807, 2.05) is 30.3 Å². The van der Waals surface area contributed by atoms with Gasteiger partial charge >= 0.3 is 6.18 Å². The van der Waals surface area contributed by atoms with Crippen LogP contribution in [-0.2, 0) is 12.7 Å². The van der Waals surface area contributed by atoms with Crippen molar-refractivity contribution in [1.29, 1.82) is 0 Å². The molecule has 0 saturated heterocycles. The summed E-state index contributed by atoms with van der Waals surface area (Å²) in [5.41, 5.74) is 0.476. The lowest BCUT2D eigenvalue weighted by Crippen LogP contribution is -2.25. The average molecular weight is 432 g/mol. The fourth-order valence-corrected chi connectivity index (χ4v) is 3.76. The number of aryl methyl sites for hydroxylation is 1. The van der Waals surface area contributed by atoms with Gasteiger partial charge in [0.25, 0.3) is 5.56 Å². The van der Waals surface area contributed by atoms with Gasteiger partial charge < -0.3 is 0 Å². The van der Waals surface area contributed by atoms with Crippen LogP contribution in [0.4, 0.5) is 13.2 Å². The Hall–Kier alpha value is -3.06. The molecule has 154 valence electrons. The van der Waals surface area contributed by atoms with Crippen molar-refractivity contribution in [1.82, 2.24) is 14.3 Å². The third-order valence-corrected chi connectivity index (χ3v) is 5.46. The lowest BCUT2D eigenvalue weighted by molar-refractivity contribution is -0.136. The zero-order valence-corrected chi connectivity index (χ0v) is 16.9. The zero-order chi connectivity index (χ0) is 21.6. The first-order chi connectivity index (χ1) is 14.2. The average Bonchev–Trinajstić information content (AvgIpc) is 3.03. The zero-order valence-electron chi connectivity index (χ0n) is 16.2. The fraction of sp³-hybridized carbons (Fsp3) is 0.182. The molecule has 4 rings (SSSR count). The van der Waals surface area contributed by atoms with Gasteiger partial charge in [0.05, 0.1) is 28.9 Å². The fourth-order valence-electron chi connectivity index (χ4n) is 3.59. The van der Waals surface area contributed by atoms with Crippen molar-refractivity contribution in [3.8, 4) is 5.69 Å². The van der Waals surface area contributed by atoms with Crippen molar-refractivity contribution in [2.24, 2.45) is 0 Å². The van der Waals surface area contributed by atoms with Crippen LogP contribution >= 0.6 is 11.6 Å². The van der Waals surface area contributed by atoms with E-state index in [-0.39, 0.29) is 23.3 Å². The van der Waals surface area contributed by atoms with E-state index in [0.29, 0.717) is 22.3 Å². The van der Waals surface area contributed by atoms with Gasteiger partial charge in [-0.1, -0.05) is 48.0 Å². The molecule has 8 heteroatoms. The van der Waals surface area contributed by atoms with E-state index in [1.54, 1.807) is 25.1 Å². The predicted molar refractivity (Wildman–Crippen MR) is 110 cm³/mol. The molecule has 0 radical (unpaired) electrons. The summed E-state index contributed by atoms with van der Waals surface area (Å²) in [6.45, 7) is 3.37. The normalized spacial score (nSPS) is 11.9. The van der Waals surface area contributed by atoms with Crippen LogP contribution in [0, 0.1) is 13.8 Å². The predicted octanol–water partition coefficient (Wildman–Crippen LogP) is 5.52. The number of hydrogen-bond donors (Lipinski definition) is 0. The lowest BCUT2D eigenvalue weighted by Gasteiger charge is -2.16. The lowest BCUT2D eigenvalue weighted by atomic mass is 10.1. The molecule has 4 nitrogen and oxygen atoms in total. The highest BCUT2D eigenvalue weighted by Crippen LogP contribution is 2.36. The van der Waals surface area contributed by atoms with E-state index >= 15 is 0 Å². The number of hydrogen-bond acceptors (Lipinski definition) is 2. The van der Waals surface area contributed by atoms with Gasteiger partial charge in [0.15, 0.2) is 0 Å². The Bertz CT molecular complexity index is 1310. The Morgan fingerprint density at radius 2 is 1.73 bits per heavy atom. The van der Waals surface area contributed by atoms with Gasteiger partial charge in [-0.3, -0.25) is 9.36 Å². The minimum absolute atomic E-state index is 0.0848. The molecule has 2 heterocycles. The van der Waals surface area contributed by atoms with Crippen LogP contribution in [0.2, 0.25) is 5.02 Å². The highest BCUT2D eigenvalue weighted by atomic mass is 35.5. The molecule has 2 aromatic heterocycles. The standard InChI is InChI=1S/C22H17ClF3N3O/c1-13-17(23)9-6-10-18(13)29-21-20(14(2)27-29)16(22(24,25)26)11-19(30)28(21)12-15-7-4-3-5-8-15/h3-11H,12H2,1-2H3. The monoisotopic (exact) mass is 431 g/mol. The van der Waals surface area contributed by atoms with Crippen molar-refractivity contribution < 1.29 is 13.2 Å². The molecule has 30 heavy (non-hydrogen) atoms. The Morgan fingerprint density at radius 1 is 1.03 bits per heavy atom. The van der Waals surface area contributed by atoms with Gasteiger partial charge in [-0.25, -0.2) is 4.68 Å². The van der Waals surface area contributed by atoms with Crippen LogP contribution in [0.25, 0.3) is 16.7 Å². The number of pyridine rings is 1. The summed E-state index contributed by atoms with van der Waals surface area (Å²) >= 11 is 6.24. The second-order valence-corrected chi connectivity index (χ2v) is 7.45. The molecule has 4 aromatic rings. The largest absolute Gasteiger partial charge is 0.417 e. The summed E-state index contributed by atoms with van der Waals surface area (Å²) in [7, 11) is 0. The van der Waals surface area contributed by atoms with Crippen molar-refractivity contribution in [3.63, 3.8) is 0 Å². The molecular formula is C22H17ClF3N3O. The molecular weight excluding hydrogens is 415 g/mol. The molecule has 0 bridgehead atoms. The van der Waals surface area contributed by atoms with Crippen LogP contribution in [0.15, 0.2) is 59.4 Å². The topological polar surface area (TPSA) is 39.8 Å². The van der Waals surface area contributed by atoms with Crippen molar-refractivity contribution in [2.75, 3.05) is 0 Å². The van der Waals surface area contributed by atoms with Gasteiger partial charge in [0, 0.05) is 11.1 Å². The minimum Gasteiger partial charge on any atom is -0.288 e. The molecule has 0 atom stereocenters. The van der Waals surface area contributed by atoms with Crippen LogP contribution in [0.3, 0.4) is 0 Å². The molecule has 0 amide bonds. The quantitative estimate of drug-likeness (QED) is 0.428. The summed E-state index contributed by atoms with van der Waals surface area (Å²) in [6, 6.07) is 14.8. The maximum atomic E-state index is 13.8. The van der Waals surface area contributed by atoms with E-state index in [4.69, 9.17) is 11.6 Å². The Kier molecular flexibility index (Phi) is 4.94. The first-order valence-electron chi connectivity index (χ1n) is 9.18. The van der Waals surface area contributed by atoms with Crippen molar-refractivity contribution in [3.05, 3.63) is 92.4 Å². The van der Waals surface area contributed by atoms with Gasteiger partial charge in [-0.05, 0) is 37.1 Å². The summed E-state index contributed by atoms with van der Waals surface area (Å²) in [6.07, 6.45) is -4.69. The Balaban J connectivity index is 2.12. The number of nitrogens with zero attached hydrogens (tertiary/aromatic N) is 3. The first kappa shape index (κ1) is 20.2. The Morgan fingerprint density at radius 3 is 2.40 bits per heavy atom. The molecule has 0 fully saturated rings. The van der Waals surface area contributed by atoms with E-state index in [2.05, 4.69) is 5.10 Å². The van der Waals surface area contributed by atoms with Gasteiger partial charge in [-0.15, -0.1) is 0 Å². The van der Waals surface area contributed by atoms with Crippen LogP contribution < -0.4 is 5.56 Å². The van der Waals surface area contributed by atoms with E-state index < -0.39 is 17.3 Å². The molecule has 2 aromatic carbocycles. The summed E-state index contributed by atoms with van der Waals surface area (Å²) in [5.74, 6) is 0. The molecule has 0 aliphatic rings. The maximum Gasteiger partial charge on any atom is 0.417 e. The van der Waals surface area contributed by atoms with E-state index in [9.17, 15) is 18.0 Å². The van der Waals surface area contributed by atoms with Crippen LogP contribution in [0.5, 0.6) is 0 Å². The second-order valence-electron chi connectivity index (χ2n) is 7.05. The molecule has 0 N–H and O–H groups in total. The number of alkyl halides is 3. The van der Waals surface area contributed by atoms with Crippen LogP contribution in [0.1, 0.15) is 22.4 Å². The second kappa shape index (κ2) is 7.32. The number of benzene rings is 2. The molecule has 0 saturated carbocycles. The summed E-state index contributed by atoms with van der Waals surface area (Å²) in [5, 5.41) is 4.73. The molecule has 0 unspecified atom stereocenters. The summed E-state index contributed by atoms with van der Waals surface area (Å²) < 4.78 is 44.1. The smallest absolute Gasteiger partial charge is 0.288 e. The van der Waals surface area contributed by atoms with Crippen molar-refractivity contribution in [2.45, 2.75) is 26.6 Å². The number of rotatable bonds is 3. The number of halogens is 4. The molecule has 0 spiro atoms. The number of aromatic nitrogens is 3. The van der Waals surface area contributed by atoms with Gasteiger partial charge in [0.2, 0.25) is 0 Å². The molecule has 0 aliphatic carbocycles. The van der Waals surface area contributed by atoms with Gasteiger partial charge in [-0.2, -0.15) is 18.3 Å². The van der Waals surface area contributed by atoms with Gasteiger partial charge in [0.1, 0.15) is 5.65 Å². The number of fused-ring (bicyclic) bond motifs is 1. The summed E-state index contributed by atoms with van der Waals surface area (Å²) in [4.78, 5) is 12.8. The van der Waals surface area contributed by atoms with E-state index in [1.165, 1.54) is 16.2 Å². The Labute approximate surface area is 175 Å². The minimum atomic E-state index is -4.69. The first-order valence-corrected chi connectivity index (χ1v) is 9.56. The third-order valence-electron chi connectivity index (χ3n) is 5.05. The third kappa shape index (κ3) is 3.39. The highest BCUT2D eigenvalue weighted by molar-refractivity contribution is 6.31. The van der Waals surface area contributed by atoms with E-state index in [0.717, 1.165) is 5.56 Å². The van der Waals surface area contributed by atoms with Crippen LogP contribution in [-0.4, -0.2) is 14.3 Å². The maximum absolute atomic E-state index is 13.8. The highest BCUT2D eigenvalue weighted by Gasteiger charge is 2.36. The van der Waals surface area contributed by atoms with Crippen molar-refractivity contribution >= 4 is 22.6 Å². The molecule has 0 aliphatic heterocycles. The SMILES string of the molecule is Cc1c(Cl)cccc1-n1nc(C)c2c(C(F)(F)F)cc(=O)n(Cc3ccccc3)c21.